The third kappa shape index (κ3) is 3.95. The average molecular weight is 374 g/mol. The van der Waals surface area contributed by atoms with E-state index in [2.05, 4.69) is 0 Å². The zero-order valence-electron chi connectivity index (χ0n) is 15.8. The van der Waals surface area contributed by atoms with Crippen LogP contribution in [0.1, 0.15) is 52.5 Å². The van der Waals surface area contributed by atoms with E-state index < -0.39 is 0 Å². The minimum atomic E-state index is -0.258. The second kappa shape index (κ2) is 8.25. The maximum absolute atomic E-state index is 12.9. The quantitative estimate of drug-likeness (QED) is 0.603. The van der Waals surface area contributed by atoms with Crippen molar-refractivity contribution < 1.29 is 4.79 Å². The molecule has 0 unspecified atom stereocenters. The Morgan fingerprint density at radius 3 is 2.38 bits per heavy atom. The Balaban J connectivity index is 1.90. The molecule has 1 saturated heterocycles. The van der Waals surface area contributed by atoms with Crippen molar-refractivity contribution in [3.05, 3.63) is 34.6 Å². The number of rotatable bonds is 4. The maximum atomic E-state index is 12.9. The highest BCUT2D eigenvalue weighted by Gasteiger charge is 2.25. The lowest BCUT2D eigenvalue weighted by Gasteiger charge is -2.24. The highest BCUT2D eigenvalue weighted by molar-refractivity contribution is 8.00. The number of hydrogen-bond donors (Lipinski definition) is 0. The number of aromatic nitrogens is 2. The predicted octanol–water partition coefficient (Wildman–Crippen LogP) is 3.86. The van der Waals surface area contributed by atoms with E-state index in [0.717, 1.165) is 25.9 Å². The summed E-state index contributed by atoms with van der Waals surface area (Å²) < 4.78 is 1.71. The van der Waals surface area contributed by atoms with Crippen molar-refractivity contribution in [1.82, 2.24) is 14.5 Å². The first-order valence-electron chi connectivity index (χ1n) is 9.45. The van der Waals surface area contributed by atoms with Crippen molar-refractivity contribution in [2.45, 2.75) is 62.9 Å². The highest BCUT2D eigenvalue weighted by atomic mass is 32.2. The van der Waals surface area contributed by atoms with Gasteiger partial charge in [0.15, 0.2) is 5.16 Å². The Kier molecular flexibility index (Phi) is 6.01. The fraction of sp³-hybridized carbons (Fsp3) is 0.550. The molecule has 1 fully saturated rings. The zero-order valence-corrected chi connectivity index (χ0v) is 16.6. The minimum absolute atomic E-state index is 0.0115. The summed E-state index contributed by atoms with van der Waals surface area (Å²) in [5, 5.41) is 0.989. The number of carbonyl (C=O) groups excluding carboxylic acids is 1. The molecule has 1 amide bonds. The van der Waals surface area contributed by atoms with E-state index in [1.807, 2.05) is 49.9 Å². The number of amides is 1. The smallest absolute Gasteiger partial charge is 0.262 e. The minimum Gasteiger partial charge on any atom is -0.342 e. The number of thioether (sulfide) groups is 1. The van der Waals surface area contributed by atoms with Gasteiger partial charge >= 0.3 is 0 Å². The molecule has 1 aromatic heterocycles. The lowest BCUT2D eigenvalue weighted by atomic mass is 10.2. The predicted molar refractivity (Wildman–Crippen MR) is 107 cm³/mol. The number of benzene rings is 1. The molecule has 0 N–H and O–H groups in total. The number of hydrogen-bond acceptors (Lipinski definition) is 4. The molecule has 0 aliphatic carbocycles. The number of nitrogens with zero attached hydrogens (tertiary/aromatic N) is 3. The zero-order chi connectivity index (χ0) is 18.7. The van der Waals surface area contributed by atoms with E-state index in [1.54, 1.807) is 4.57 Å². The summed E-state index contributed by atoms with van der Waals surface area (Å²) in [6.45, 7) is 7.55. The molecule has 2 heterocycles. The first-order valence-corrected chi connectivity index (χ1v) is 10.3. The van der Waals surface area contributed by atoms with Crippen molar-refractivity contribution in [2.24, 2.45) is 0 Å². The summed E-state index contributed by atoms with van der Waals surface area (Å²) in [6.07, 6.45) is 4.55. The van der Waals surface area contributed by atoms with Crippen LogP contribution in [0.3, 0.4) is 0 Å². The molecule has 140 valence electrons. The lowest BCUT2D eigenvalue weighted by molar-refractivity contribution is -0.130. The van der Waals surface area contributed by atoms with Crippen molar-refractivity contribution >= 4 is 28.6 Å². The molecule has 1 aliphatic heterocycles. The van der Waals surface area contributed by atoms with Crippen molar-refractivity contribution in [3.8, 4) is 0 Å². The lowest BCUT2D eigenvalue weighted by Crippen LogP contribution is -2.37. The molecule has 0 radical (unpaired) electrons. The summed E-state index contributed by atoms with van der Waals surface area (Å²) in [6, 6.07) is 7.39. The summed E-state index contributed by atoms with van der Waals surface area (Å²) in [5.74, 6) is 0.148. The van der Waals surface area contributed by atoms with Gasteiger partial charge in [-0.05, 0) is 45.7 Å². The normalized spacial score (nSPS) is 16.7. The van der Waals surface area contributed by atoms with E-state index >= 15 is 0 Å². The average Bonchev–Trinajstić information content (AvgIpc) is 2.90. The van der Waals surface area contributed by atoms with Gasteiger partial charge in [-0.3, -0.25) is 14.2 Å². The SMILES string of the molecule is CC(C)n1c(S[C@@H](C)C(=O)N2CCCCCC2)nc2ccccc2c1=O. The second-order valence-electron chi connectivity index (χ2n) is 7.18. The molecule has 1 aliphatic rings. The molecule has 3 rings (SSSR count). The van der Waals surface area contributed by atoms with Crippen LogP contribution in [0.15, 0.2) is 34.2 Å². The number of fused-ring (bicyclic) bond motifs is 1. The Hall–Kier alpha value is -1.82. The van der Waals surface area contributed by atoms with Gasteiger partial charge in [-0.25, -0.2) is 4.98 Å². The van der Waals surface area contributed by atoms with Gasteiger partial charge in [0, 0.05) is 19.1 Å². The fourth-order valence-corrected chi connectivity index (χ4v) is 4.55. The van der Waals surface area contributed by atoms with Crippen LogP contribution in [0.5, 0.6) is 0 Å². The third-order valence-corrected chi connectivity index (χ3v) is 5.89. The second-order valence-corrected chi connectivity index (χ2v) is 8.49. The van der Waals surface area contributed by atoms with Gasteiger partial charge in [0.1, 0.15) is 0 Å². The Labute approximate surface area is 158 Å². The van der Waals surface area contributed by atoms with Gasteiger partial charge in [-0.15, -0.1) is 0 Å². The van der Waals surface area contributed by atoms with Crippen molar-refractivity contribution in [3.63, 3.8) is 0 Å². The van der Waals surface area contributed by atoms with Crippen LogP contribution in [0, 0.1) is 0 Å². The largest absolute Gasteiger partial charge is 0.342 e. The summed E-state index contributed by atoms with van der Waals surface area (Å²) in [7, 11) is 0. The highest BCUT2D eigenvalue weighted by Crippen LogP contribution is 2.26. The fourth-order valence-electron chi connectivity index (χ4n) is 3.42. The Morgan fingerprint density at radius 1 is 1.08 bits per heavy atom. The Bertz CT molecular complexity index is 839. The van der Waals surface area contributed by atoms with E-state index in [9.17, 15) is 9.59 Å². The first kappa shape index (κ1) is 19.0. The van der Waals surface area contributed by atoms with Gasteiger partial charge in [0.05, 0.1) is 16.2 Å². The topological polar surface area (TPSA) is 55.2 Å². The molecule has 1 aromatic carbocycles. The molecule has 0 saturated carbocycles. The third-order valence-electron chi connectivity index (χ3n) is 4.84. The molecule has 2 aromatic rings. The first-order chi connectivity index (χ1) is 12.5. The molecule has 1 atom stereocenters. The summed E-state index contributed by atoms with van der Waals surface area (Å²) >= 11 is 1.40. The van der Waals surface area contributed by atoms with Gasteiger partial charge in [-0.1, -0.05) is 36.7 Å². The number of para-hydroxylation sites is 1. The van der Waals surface area contributed by atoms with E-state index in [0.29, 0.717) is 16.1 Å². The van der Waals surface area contributed by atoms with E-state index in [-0.39, 0.29) is 22.8 Å². The van der Waals surface area contributed by atoms with Crippen LogP contribution in [0.25, 0.3) is 10.9 Å². The molecular formula is C20H27N3O2S. The van der Waals surface area contributed by atoms with Crippen LogP contribution >= 0.6 is 11.8 Å². The maximum Gasteiger partial charge on any atom is 0.262 e. The summed E-state index contributed by atoms with van der Waals surface area (Å²) in [5.41, 5.74) is 0.647. The monoisotopic (exact) mass is 373 g/mol. The van der Waals surface area contributed by atoms with Gasteiger partial charge < -0.3 is 4.90 Å². The van der Waals surface area contributed by atoms with E-state index in [1.165, 1.54) is 24.6 Å². The van der Waals surface area contributed by atoms with Crippen LogP contribution in [-0.2, 0) is 4.79 Å². The molecule has 5 nitrogen and oxygen atoms in total. The van der Waals surface area contributed by atoms with E-state index in [4.69, 9.17) is 4.98 Å². The Morgan fingerprint density at radius 2 is 1.73 bits per heavy atom. The standard InChI is InChI=1S/C20H27N3O2S/c1-14(2)23-19(25)16-10-6-7-11-17(16)21-20(23)26-15(3)18(24)22-12-8-4-5-9-13-22/h6-7,10-11,14-15H,4-5,8-9,12-13H2,1-3H3/t15-/m0/s1. The molecule has 0 spiro atoms. The van der Waals surface area contributed by atoms with Gasteiger partial charge in [0.25, 0.3) is 5.56 Å². The molecular weight excluding hydrogens is 346 g/mol. The van der Waals surface area contributed by atoms with Gasteiger partial charge in [0.2, 0.25) is 5.91 Å². The van der Waals surface area contributed by atoms with Crippen LogP contribution < -0.4 is 5.56 Å². The molecule has 6 heteroatoms. The number of carbonyl (C=O) groups is 1. The van der Waals surface area contributed by atoms with Crippen molar-refractivity contribution in [2.75, 3.05) is 13.1 Å². The molecule has 26 heavy (non-hydrogen) atoms. The van der Waals surface area contributed by atoms with Crippen LogP contribution in [0.4, 0.5) is 0 Å². The van der Waals surface area contributed by atoms with Crippen molar-refractivity contribution in [1.29, 1.82) is 0 Å². The van der Waals surface area contributed by atoms with Crippen LogP contribution in [-0.4, -0.2) is 38.7 Å². The number of likely N-dealkylation sites (tertiary alicyclic amines) is 1. The summed E-state index contributed by atoms with van der Waals surface area (Å²) in [4.78, 5) is 32.5. The molecule has 0 bridgehead atoms. The van der Waals surface area contributed by atoms with Crippen LogP contribution in [0.2, 0.25) is 0 Å². The van der Waals surface area contributed by atoms with Gasteiger partial charge in [-0.2, -0.15) is 0 Å².